The van der Waals surface area contributed by atoms with E-state index < -0.39 is 0 Å². The zero-order valence-electron chi connectivity index (χ0n) is 16.6. The molecule has 0 radical (unpaired) electrons. The average Bonchev–Trinajstić information content (AvgIpc) is 2.67. The topological polar surface area (TPSA) is 72.1 Å². The molecule has 2 N–H and O–H groups in total. The molecule has 2 heterocycles. The summed E-state index contributed by atoms with van der Waals surface area (Å²) in [5.41, 5.74) is 13.4. The van der Waals surface area contributed by atoms with Crippen LogP contribution in [0.1, 0.15) is 33.4 Å². The zero-order chi connectivity index (χ0) is 20.1. The Bertz CT molecular complexity index is 914. The summed E-state index contributed by atoms with van der Waals surface area (Å²) < 4.78 is 0. The Morgan fingerprint density at radius 1 is 0.964 bits per heavy atom. The molecule has 0 aliphatic rings. The molecule has 0 saturated heterocycles. The lowest BCUT2D eigenvalue weighted by Gasteiger charge is -2.30. The summed E-state index contributed by atoms with van der Waals surface area (Å²) in [5.74, 6) is -0.315. The number of hydrogen-bond donors (Lipinski definition) is 1. The highest BCUT2D eigenvalue weighted by atomic mass is 16.1. The van der Waals surface area contributed by atoms with Gasteiger partial charge in [0.15, 0.2) is 0 Å². The summed E-state index contributed by atoms with van der Waals surface area (Å²) in [6.45, 7) is 7.74. The van der Waals surface area contributed by atoms with E-state index in [0.29, 0.717) is 0 Å². The largest absolute Gasteiger partial charge is 0.369 e. The van der Waals surface area contributed by atoms with E-state index >= 15 is 0 Å². The third-order valence-electron chi connectivity index (χ3n) is 5.07. The van der Waals surface area contributed by atoms with Gasteiger partial charge in [0.1, 0.15) is 0 Å². The van der Waals surface area contributed by atoms with E-state index in [0.717, 1.165) is 41.0 Å². The Kier molecular flexibility index (Phi) is 6.04. The summed E-state index contributed by atoms with van der Waals surface area (Å²) in [5, 5.41) is 0. The Balaban J connectivity index is 2.08. The van der Waals surface area contributed by atoms with Gasteiger partial charge >= 0.3 is 0 Å². The summed E-state index contributed by atoms with van der Waals surface area (Å²) in [6, 6.07) is 10.2. The van der Waals surface area contributed by atoms with Crippen molar-refractivity contribution in [3.63, 3.8) is 0 Å². The number of nitrogens with two attached hydrogens (primary N) is 1. The van der Waals surface area contributed by atoms with Gasteiger partial charge in [0.25, 0.3) is 0 Å². The number of nitrogens with zero attached hydrogens (tertiary/aromatic N) is 3. The van der Waals surface area contributed by atoms with Crippen LogP contribution in [-0.2, 0) is 24.3 Å². The van der Waals surface area contributed by atoms with Crippen molar-refractivity contribution in [1.29, 1.82) is 0 Å². The van der Waals surface area contributed by atoms with E-state index in [1.54, 1.807) is 6.20 Å². The van der Waals surface area contributed by atoms with Gasteiger partial charge in [-0.25, -0.2) is 0 Å². The molecule has 0 saturated carbocycles. The predicted molar refractivity (Wildman–Crippen MR) is 112 cm³/mol. The Labute approximate surface area is 166 Å². The van der Waals surface area contributed by atoms with Gasteiger partial charge in [-0.15, -0.1) is 0 Å². The number of anilines is 1. The van der Waals surface area contributed by atoms with Crippen molar-refractivity contribution < 1.29 is 4.79 Å². The Morgan fingerprint density at radius 3 is 2.32 bits per heavy atom. The van der Waals surface area contributed by atoms with Gasteiger partial charge in [-0.1, -0.05) is 12.1 Å². The molecule has 3 rings (SSSR count). The number of hydrogen-bond acceptors (Lipinski definition) is 4. The quantitative estimate of drug-likeness (QED) is 0.685. The zero-order valence-corrected chi connectivity index (χ0v) is 16.6. The van der Waals surface area contributed by atoms with Gasteiger partial charge in [-0.2, -0.15) is 0 Å². The first-order chi connectivity index (χ1) is 13.5. The molecule has 1 amide bonds. The number of rotatable bonds is 7. The van der Waals surface area contributed by atoms with Crippen LogP contribution in [-0.4, -0.2) is 15.9 Å². The maximum atomic E-state index is 11.6. The fourth-order valence-corrected chi connectivity index (χ4v) is 3.58. The van der Waals surface area contributed by atoms with Crippen LogP contribution in [0.25, 0.3) is 0 Å². The Morgan fingerprint density at radius 2 is 1.68 bits per heavy atom. The van der Waals surface area contributed by atoms with Crippen LogP contribution >= 0.6 is 0 Å². The van der Waals surface area contributed by atoms with E-state index in [4.69, 9.17) is 5.73 Å². The highest BCUT2D eigenvalue weighted by molar-refractivity contribution is 5.78. The van der Waals surface area contributed by atoms with Crippen LogP contribution in [0.15, 0.2) is 55.1 Å². The molecule has 28 heavy (non-hydrogen) atoms. The maximum absolute atomic E-state index is 11.6. The van der Waals surface area contributed by atoms with Crippen molar-refractivity contribution in [1.82, 2.24) is 9.97 Å². The fraction of sp³-hybridized carbons (Fsp3) is 0.261. The molecule has 0 fully saturated rings. The monoisotopic (exact) mass is 374 g/mol. The van der Waals surface area contributed by atoms with Crippen LogP contribution in [0, 0.1) is 20.8 Å². The van der Waals surface area contributed by atoms with E-state index in [-0.39, 0.29) is 12.3 Å². The number of pyridine rings is 2. The SMILES string of the molecule is Cc1cc(CC(N)=O)c(C)c(N(Cc2ccncc2)Cc2cccnc2)c1C. The first-order valence-corrected chi connectivity index (χ1v) is 9.36. The number of primary amides is 1. The first kappa shape index (κ1) is 19.5. The number of amides is 1. The molecule has 5 nitrogen and oxygen atoms in total. The molecular formula is C23H26N4O. The highest BCUT2D eigenvalue weighted by Gasteiger charge is 2.18. The lowest BCUT2D eigenvalue weighted by atomic mass is 9.94. The summed E-state index contributed by atoms with van der Waals surface area (Å²) in [6.07, 6.45) is 7.54. The third-order valence-corrected chi connectivity index (χ3v) is 5.07. The van der Waals surface area contributed by atoms with Crippen molar-refractivity contribution in [2.24, 2.45) is 5.73 Å². The predicted octanol–water partition coefficient (Wildman–Crippen LogP) is 3.64. The molecular weight excluding hydrogens is 348 g/mol. The molecule has 0 spiro atoms. The maximum Gasteiger partial charge on any atom is 0.221 e. The van der Waals surface area contributed by atoms with Gasteiger partial charge in [-0.3, -0.25) is 14.8 Å². The lowest BCUT2D eigenvalue weighted by Crippen LogP contribution is -2.25. The summed E-state index contributed by atoms with van der Waals surface area (Å²) >= 11 is 0. The second-order valence-electron chi connectivity index (χ2n) is 7.17. The minimum atomic E-state index is -0.315. The first-order valence-electron chi connectivity index (χ1n) is 9.36. The number of aryl methyl sites for hydroxylation is 1. The van der Waals surface area contributed by atoms with Crippen molar-refractivity contribution in [3.8, 4) is 0 Å². The number of benzene rings is 1. The van der Waals surface area contributed by atoms with Crippen LogP contribution in [0.5, 0.6) is 0 Å². The van der Waals surface area contributed by atoms with Gasteiger partial charge in [0.2, 0.25) is 5.91 Å². The number of aromatic nitrogens is 2. The smallest absolute Gasteiger partial charge is 0.221 e. The standard InChI is InChI=1S/C23H26N4O/c1-16-11-21(12-22(24)28)18(3)23(17(16)2)27(14-19-6-9-25-10-7-19)15-20-5-4-8-26-13-20/h4-11,13H,12,14-15H2,1-3H3,(H2,24,28). The van der Waals surface area contributed by atoms with E-state index in [1.807, 2.05) is 36.8 Å². The van der Waals surface area contributed by atoms with E-state index in [9.17, 15) is 4.79 Å². The van der Waals surface area contributed by atoms with Crippen LogP contribution in [0.3, 0.4) is 0 Å². The van der Waals surface area contributed by atoms with E-state index in [1.165, 1.54) is 11.1 Å². The van der Waals surface area contributed by atoms with Crippen molar-refractivity contribution in [2.45, 2.75) is 40.3 Å². The second kappa shape index (κ2) is 8.65. The molecule has 0 bridgehead atoms. The molecule has 0 unspecified atom stereocenters. The van der Waals surface area contributed by atoms with Crippen LogP contribution in [0.2, 0.25) is 0 Å². The van der Waals surface area contributed by atoms with Crippen LogP contribution in [0.4, 0.5) is 5.69 Å². The molecule has 0 aliphatic carbocycles. The highest BCUT2D eigenvalue weighted by Crippen LogP contribution is 2.33. The van der Waals surface area contributed by atoms with Gasteiger partial charge in [-0.05, 0) is 72.4 Å². The van der Waals surface area contributed by atoms with Crippen molar-refractivity contribution in [2.75, 3.05) is 4.90 Å². The minimum Gasteiger partial charge on any atom is -0.369 e. The molecule has 2 aromatic heterocycles. The normalized spacial score (nSPS) is 10.7. The summed E-state index contributed by atoms with van der Waals surface area (Å²) in [7, 11) is 0. The Hall–Kier alpha value is -3.21. The van der Waals surface area contributed by atoms with Crippen LogP contribution < -0.4 is 10.6 Å². The van der Waals surface area contributed by atoms with Crippen molar-refractivity contribution >= 4 is 11.6 Å². The minimum absolute atomic E-state index is 0.246. The third kappa shape index (κ3) is 4.55. The number of carbonyl (C=O) groups excluding carboxylic acids is 1. The number of carbonyl (C=O) groups is 1. The van der Waals surface area contributed by atoms with Gasteiger partial charge in [0, 0.05) is 43.6 Å². The lowest BCUT2D eigenvalue weighted by molar-refractivity contribution is -0.117. The van der Waals surface area contributed by atoms with E-state index in [2.05, 4.69) is 47.8 Å². The molecule has 3 aromatic rings. The molecule has 5 heteroatoms. The second-order valence-corrected chi connectivity index (χ2v) is 7.17. The van der Waals surface area contributed by atoms with Crippen molar-refractivity contribution in [3.05, 3.63) is 88.5 Å². The molecule has 144 valence electrons. The average molecular weight is 374 g/mol. The molecule has 1 aromatic carbocycles. The molecule has 0 aliphatic heterocycles. The molecule has 0 atom stereocenters. The van der Waals surface area contributed by atoms with Gasteiger partial charge in [0.05, 0.1) is 6.42 Å². The van der Waals surface area contributed by atoms with Gasteiger partial charge < -0.3 is 10.6 Å². The summed E-state index contributed by atoms with van der Waals surface area (Å²) in [4.78, 5) is 22.3. The fourth-order valence-electron chi connectivity index (χ4n) is 3.58.